The summed E-state index contributed by atoms with van der Waals surface area (Å²) in [6.07, 6.45) is 7.74. The molecule has 1 aliphatic heterocycles. The van der Waals surface area contributed by atoms with Crippen LogP contribution < -0.4 is 0 Å². The van der Waals surface area contributed by atoms with Crippen LogP contribution in [0.4, 0.5) is 0 Å². The van der Waals surface area contributed by atoms with Gasteiger partial charge >= 0.3 is 0 Å². The average molecular weight is 385 g/mol. The Morgan fingerprint density at radius 3 is 2.18 bits per heavy atom. The van der Waals surface area contributed by atoms with Gasteiger partial charge in [0.1, 0.15) is 0 Å². The minimum atomic E-state index is -0.0126. The Bertz CT molecular complexity index is 781. The monoisotopic (exact) mass is 384 g/mol. The molecule has 1 aromatic heterocycles. The van der Waals surface area contributed by atoms with Crippen molar-refractivity contribution >= 4 is 10.9 Å². The Morgan fingerprint density at radius 1 is 0.893 bits per heavy atom. The maximum absolute atomic E-state index is 10.0. The van der Waals surface area contributed by atoms with Crippen LogP contribution in [-0.2, 0) is 13.2 Å². The van der Waals surface area contributed by atoms with E-state index in [4.69, 9.17) is 0 Å². The van der Waals surface area contributed by atoms with E-state index in [-0.39, 0.29) is 13.2 Å². The smallest absolute Gasteiger partial charge is 0.0837 e. The zero-order chi connectivity index (χ0) is 19.7. The van der Waals surface area contributed by atoms with Crippen LogP contribution in [0.5, 0.6) is 0 Å². The molecule has 2 fully saturated rings. The molecule has 4 rings (SSSR count). The molecular weight excluding hydrogens is 348 g/mol. The first kappa shape index (κ1) is 19.9. The topological polar surface area (TPSA) is 48.6 Å². The summed E-state index contributed by atoms with van der Waals surface area (Å²) in [4.78, 5) is 2.73. The van der Waals surface area contributed by atoms with Crippen LogP contribution in [0.15, 0.2) is 24.3 Å². The molecule has 0 spiro atoms. The van der Waals surface area contributed by atoms with Crippen molar-refractivity contribution < 1.29 is 10.2 Å². The molecule has 0 unspecified atom stereocenters. The fourth-order valence-electron chi connectivity index (χ4n) is 5.79. The zero-order valence-electron chi connectivity index (χ0n) is 17.5. The predicted molar refractivity (Wildman–Crippen MR) is 114 cm³/mol. The second kappa shape index (κ2) is 8.56. The highest BCUT2D eigenvalue weighted by Crippen LogP contribution is 2.37. The molecule has 2 aliphatic rings. The Morgan fingerprint density at radius 2 is 1.57 bits per heavy atom. The number of hydrogen-bond acceptors (Lipinski definition) is 3. The van der Waals surface area contributed by atoms with Crippen molar-refractivity contribution in [3.8, 4) is 0 Å². The van der Waals surface area contributed by atoms with E-state index in [2.05, 4.69) is 41.5 Å². The summed E-state index contributed by atoms with van der Waals surface area (Å²) in [6.45, 7) is 7.01. The average Bonchev–Trinajstić information content (AvgIpc) is 3.07. The maximum atomic E-state index is 10.0. The maximum Gasteiger partial charge on any atom is 0.0837 e. The number of benzene rings is 1. The first-order valence-corrected chi connectivity index (χ1v) is 11.2. The van der Waals surface area contributed by atoms with Crippen LogP contribution in [0.1, 0.15) is 69.7 Å². The summed E-state index contributed by atoms with van der Waals surface area (Å²) < 4.78 is 2.33. The molecule has 0 bridgehead atoms. The van der Waals surface area contributed by atoms with E-state index in [0.717, 1.165) is 66.0 Å². The van der Waals surface area contributed by atoms with Crippen LogP contribution in [0.25, 0.3) is 10.9 Å². The lowest BCUT2D eigenvalue weighted by Gasteiger charge is -2.42. The Kier molecular flexibility index (Phi) is 6.10. The number of likely N-dealkylation sites (tertiary alicyclic amines) is 1. The minimum Gasteiger partial charge on any atom is -0.392 e. The quantitative estimate of drug-likeness (QED) is 0.799. The van der Waals surface area contributed by atoms with Gasteiger partial charge in [-0.25, -0.2) is 0 Å². The minimum absolute atomic E-state index is 0.00992. The number of hydrogen-bond donors (Lipinski definition) is 2. The van der Waals surface area contributed by atoms with Crippen LogP contribution in [0.3, 0.4) is 0 Å². The van der Waals surface area contributed by atoms with E-state index in [1.165, 1.54) is 25.7 Å². The summed E-state index contributed by atoms with van der Waals surface area (Å²) in [7, 11) is 0. The number of fused-ring (bicyclic) bond motifs is 1. The molecule has 154 valence electrons. The van der Waals surface area contributed by atoms with Crippen LogP contribution in [-0.4, -0.2) is 38.8 Å². The lowest BCUT2D eigenvalue weighted by Crippen LogP contribution is -2.44. The molecule has 2 N–H and O–H groups in total. The number of aliphatic hydroxyl groups excluding tert-OH is 2. The van der Waals surface area contributed by atoms with E-state index >= 15 is 0 Å². The SMILES string of the molecule is CC(C)[C@H]1CC[C@H](N2CCC(n3c(CO)c(CO)c4ccccc43)CC2)CC1. The number of aromatic nitrogens is 1. The molecule has 1 aromatic carbocycles. The highest BCUT2D eigenvalue weighted by atomic mass is 16.3. The Hall–Kier alpha value is -1.36. The molecule has 0 radical (unpaired) electrons. The van der Waals surface area contributed by atoms with Gasteiger partial charge in [0.05, 0.1) is 18.9 Å². The molecule has 4 nitrogen and oxygen atoms in total. The first-order chi connectivity index (χ1) is 13.6. The van der Waals surface area contributed by atoms with Gasteiger partial charge in [0.25, 0.3) is 0 Å². The molecule has 28 heavy (non-hydrogen) atoms. The molecule has 0 atom stereocenters. The van der Waals surface area contributed by atoms with E-state index in [0.29, 0.717) is 6.04 Å². The number of para-hydroxylation sites is 1. The molecule has 2 aromatic rings. The standard InChI is InChI=1S/C24H36N2O2/c1-17(2)18-7-9-19(10-8-18)25-13-11-20(12-14-25)26-23-6-4-3-5-21(23)22(15-27)24(26)16-28/h3-6,17-20,27-28H,7-16H2,1-2H3/t18-,19-. The number of piperidine rings is 1. The molecular formula is C24H36N2O2. The van der Waals surface area contributed by atoms with Crippen molar-refractivity contribution in [1.82, 2.24) is 9.47 Å². The van der Waals surface area contributed by atoms with Crippen LogP contribution >= 0.6 is 0 Å². The van der Waals surface area contributed by atoms with E-state index in [1.807, 2.05) is 6.07 Å². The first-order valence-electron chi connectivity index (χ1n) is 11.2. The summed E-state index contributed by atoms with van der Waals surface area (Å²) >= 11 is 0. The van der Waals surface area contributed by atoms with Gasteiger partial charge in [0.15, 0.2) is 0 Å². The second-order valence-electron chi connectivity index (χ2n) is 9.21. The fraction of sp³-hybridized carbons (Fsp3) is 0.667. The van der Waals surface area contributed by atoms with Crippen molar-refractivity contribution in [2.24, 2.45) is 11.8 Å². The fourth-order valence-corrected chi connectivity index (χ4v) is 5.79. The largest absolute Gasteiger partial charge is 0.392 e. The third-order valence-electron chi connectivity index (χ3n) is 7.50. The summed E-state index contributed by atoms with van der Waals surface area (Å²) in [6, 6.07) is 9.46. The second-order valence-corrected chi connectivity index (χ2v) is 9.21. The highest BCUT2D eigenvalue weighted by molar-refractivity contribution is 5.85. The summed E-state index contributed by atoms with van der Waals surface area (Å²) in [5.74, 6) is 1.75. The number of aliphatic hydroxyl groups is 2. The summed E-state index contributed by atoms with van der Waals surface area (Å²) in [5.41, 5.74) is 2.96. The van der Waals surface area contributed by atoms with Crippen molar-refractivity contribution in [2.45, 2.75) is 77.7 Å². The van der Waals surface area contributed by atoms with Gasteiger partial charge in [-0.2, -0.15) is 0 Å². The van der Waals surface area contributed by atoms with Crippen LogP contribution in [0, 0.1) is 11.8 Å². The van der Waals surface area contributed by atoms with Gasteiger partial charge in [0.2, 0.25) is 0 Å². The third-order valence-corrected chi connectivity index (χ3v) is 7.50. The number of rotatable bonds is 5. The molecule has 0 amide bonds. The molecule has 1 saturated carbocycles. The molecule has 2 heterocycles. The van der Waals surface area contributed by atoms with Gasteiger partial charge in [-0.05, 0) is 56.4 Å². The lowest BCUT2D eigenvalue weighted by atomic mass is 9.79. The lowest BCUT2D eigenvalue weighted by molar-refractivity contribution is 0.0880. The predicted octanol–water partition coefficient (Wildman–Crippen LogP) is 4.48. The normalized spacial score (nSPS) is 25.0. The van der Waals surface area contributed by atoms with Gasteiger partial charge < -0.3 is 19.7 Å². The zero-order valence-corrected chi connectivity index (χ0v) is 17.5. The number of nitrogens with zero attached hydrogens (tertiary/aromatic N) is 2. The van der Waals surface area contributed by atoms with E-state index in [9.17, 15) is 10.2 Å². The third kappa shape index (κ3) is 3.62. The van der Waals surface area contributed by atoms with Crippen molar-refractivity contribution in [1.29, 1.82) is 0 Å². The van der Waals surface area contributed by atoms with E-state index in [1.54, 1.807) is 0 Å². The van der Waals surface area contributed by atoms with Gasteiger partial charge in [-0.3, -0.25) is 0 Å². The molecule has 4 heteroatoms. The van der Waals surface area contributed by atoms with E-state index < -0.39 is 0 Å². The van der Waals surface area contributed by atoms with Crippen LogP contribution in [0.2, 0.25) is 0 Å². The van der Waals surface area contributed by atoms with Crippen molar-refractivity contribution in [2.75, 3.05) is 13.1 Å². The molecule has 1 saturated heterocycles. The molecule has 1 aliphatic carbocycles. The van der Waals surface area contributed by atoms with Gasteiger partial charge in [-0.1, -0.05) is 32.0 Å². The highest BCUT2D eigenvalue weighted by Gasteiger charge is 2.31. The van der Waals surface area contributed by atoms with Crippen molar-refractivity contribution in [3.05, 3.63) is 35.5 Å². The van der Waals surface area contributed by atoms with Crippen molar-refractivity contribution in [3.63, 3.8) is 0 Å². The van der Waals surface area contributed by atoms with Gasteiger partial charge in [0, 0.05) is 41.6 Å². The van der Waals surface area contributed by atoms with Gasteiger partial charge in [-0.15, -0.1) is 0 Å². The Balaban J connectivity index is 1.47. The Labute approximate surface area is 169 Å². The summed E-state index contributed by atoms with van der Waals surface area (Å²) in [5, 5.41) is 21.0.